The molecule has 1 aliphatic rings. The van der Waals surface area contributed by atoms with E-state index in [-0.39, 0.29) is 6.10 Å². The number of benzene rings is 1. The molecule has 112 valence electrons. The molecule has 0 fully saturated rings. The Hall–Kier alpha value is -1.81. The first-order chi connectivity index (χ1) is 10.3. The van der Waals surface area contributed by atoms with Crippen molar-refractivity contribution >= 4 is 0 Å². The van der Waals surface area contributed by atoms with Crippen LogP contribution in [0.15, 0.2) is 36.7 Å². The van der Waals surface area contributed by atoms with E-state index >= 15 is 0 Å². The van der Waals surface area contributed by atoms with Crippen molar-refractivity contribution in [1.82, 2.24) is 14.9 Å². The van der Waals surface area contributed by atoms with Gasteiger partial charge in [-0.25, -0.2) is 4.98 Å². The van der Waals surface area contributed by atoms with E-state index in [2.05, 4.69) is 40.0 Å². The molecule has 3 rings (SSSR count). The molecular formula is C17H23N3O. The summed E-state index contributed by atoms with van der Waals surface area (Å²) in [7, 11) is 2.05. The Morgan fingerprint density at radius 2 is 2.29 bits per heavy atom. The molecular weight excluding hydrogens is 262 g/mol. The van der Waals surface area contributed by atoms with E-state index in [1.54, 1.807) is 0 Å². The van der Waals surface area contributed by atoms with Crippen molar-refractivity contribution in [3.8, 4) is 5.75 Å². The van der Waals surface area contributed by atoms with Gasteiger partial charge in [-0.3, -0.25) is 0 Å². The lowest BCUT2D eigenvalue weighted by Gasteiger charge is -2.24. The van der Waals surface area contributed by atoms with Gasteiger partial charge in [-0.1, -0.05) is 25.1 Å². The summed E-state index contributed by atoms with van der Waals surface area (Å²) in [4.78, 5) is 4.45. The maximum Gasteiger partial charge on any atom is 0.123 e. The predicted octanol–water partition coefficient (Wildman–Crippen LogP) is 2.33. The molecule has 0 saturated heterocycles. The van der Waals surface area contributed by atoms with E-state index in [0.717, 1.165) is 37.4 Å². The quantitative estimate of drug-likeness (QED) is 0.885. The van der Waals surface area contributed by atoms with Gasteiger partial charge in [-0.15, -0.1) is 0 Å². The van der Waals surface area contributed by atoms with Gasteiger partial charge in [0.25, 0.3) is 0 Å². The zero-order valence-corrected chi connectivity index (χ0v) is 12.7. The third kappa shape index (κ3) is 3.10. The molecule has 0 aliphatic carbocycles. The zero-order chi connectivity index (χ0) is 14.7. The van der Waals surface area contributed by atoms with Crippen molar-refractivity contribution < 1.29 is 4.74 Å². The number of aromatic nitrogens is 2. The number of para-hydroxylation sites is 1. The number of nitrogens with zero attached hydrogens (tertiary/aromatic N) is 2. The minimum Gasteiger partial charge on any atom is -0.488 e. The summed E-state index contributed by atoms with van der Waals surface area (Å²) in [5.74, 6) is 2.13. The Morgan fingerprint density at radius 3 is 3.00 bits per heavy atom. The fraction of sp³-hybridized carbons (Fsp3) is 0.471. The van der Waals surface area contributed by atoms with Crippen molar-refractivity contribution in [3.05, 3.63) is 48.0 Å². The van der Waals surface area contributed by atoms with Crippen LogP contribution in [0, 0.1) is 0 Å². The first-order valence-corrected chi connectivity index (χ1v) is 7.72. The van der Waals surface area contributed by atoms with E-state index < -0.39 is 0 Å². The van der Waals surface area contributed by atoms with Crippen LogP contribution in [0.4, 0.5) is 0 Å². The molecule has 21 heavy (non-hydrogen) atoms. The number of hydrogen-bond acceptors (Lipinski definition) is 3. The van der Waals surface area contributed by atoms with Crippen molar-refractivity contribution in [2.24, 2.45) is 7.05 Å². The summed E-state index contributed by atoms with van der Waals surface area (Å²) >= 11 is 0. The van der Waals surface area contributed by atoms with E-state index in [9.17, 15) is 0 Å². The van der Waals surface area contributed by atoms with Crippen LogP contribution in [0.5, 0.6) is 5.75 Å². The molecule has 4 heteroatoms. The Kier molecular flexibility index (Phi) is 4.25. The van der Waals surface area contributed by atoms with Crippen LogP contribution in [0.3, 0.4) is 0 Å². The molecule has 1 aromatic heterocycles. The second-order valence-electron chi connectivity index (χ2n) is 5.69. The molecule has 2 unspecified atom stereocenters. The third-order valence-electron chi connectivity index (χ3n) is 4.10. The average molecular weight is 285 g/mol. The number of fused-ring (bicyclic) bond motifs is 1. The van der Waals surface area contributed by atoms with Crippen molar-refractivity contribution in [2.45, 2.75) is 38.3 Å². The van der Waals surface area contributed by atoms with Gasteiger partial charge in [0.05, 0.1) is 6.04 Å². The van der Waals surface area contributed by atoms with Crippen LogP contribution >= 0.6 is 0 Å². The number of imidazole rings is 1. The summed E-state index contributed by atoms with van der Waals surface area (Å²) in [6.45, 7) is 3.19. The van der Waals surface area contributed by atoms with Crippen LogP contribution in [0.2, 0.25) is 0 Å². The SMILES string of the molecule is CCCNC(Cc1nccn1C)C1Cc2ccccc2O1. The largest absolute Gasteiger partial charge is 0.488 e. The molecule has 0 spiro atoms. The summed E-state index contributed by atoms with van der Waals surface area (Å²) < 4.78 is 8.24. The van der Waals surface area contributed by atoms with Crippen LogP contribution in [-0.2, 0) is 19.9 Å². The maximum atomic E-state index is 6.16. The molecule has 2 atom stereocenters. The molecule has 4 nitrogen and oxygen atoms in total. The normalized spacial score (nSPS) is 18.3. The van der Waals surface area contributed by atoms with E-state index in [1.807, 2.05) is 25.5 Å². The number of aryl methyl sites for hydroxylation is 1. The Morgan fingerprint density at radius 1 is 1.43 bits per heavy atom. The van der Waals surface area contributed by atoms with E-state index in [1.165, 1.54) is 5.56 Å². The lowest BCUT2D eigenvalue weighted by atomic mass is 10.0. The number of rotatable bonds is 6. The summed E-state index contributed by atoms with van der Waals surface area (Å²) in [6.07, 6.45) is 7.03. The Bertz CT molecular complexity index is 568. The minimum atomic E-state index is 0.186. The Labute approximate surface area is 126 Å². The molecule has 1 N–H and O–H groups in total. The van der Waals surface area contributed by atoms with Gasteiger partial charge in [-0.2, -0.15) is 0 Å². The highest BCUT2D eigenvalue weighted by molar-refractivity contribution is 5.37. The maximum absolute atomic E-state index is 6.16. The fourth-order valence-corrected chi connectivity index (χ4v) is 2.89. The van der Waals surface area contributed by atoms with Crippen LogP contribution < -0.4 is 10.1 Å². The van der Waals surface area contributed by atoms with Gasteiger partial charge in [0.2, 0.25) is 0 Å². The molecule has 2 heterocycles. The average Bonchev–Trinajstić information content (AvgIpc) is 3.09. The first kappa shape index (κ1) is 14.1. The van der Waals surface area contributed by atoms with Gasteiger partial charge in [0, 0.05) is 32.3 Å². The molecule has 1 aromatic carbocycles. The topological polar surface area (TPSA) is 39.1 Å². The standard InChI is InChI=1S/C17H23N3O/c1-3-8-18-14(12-17-19-9-10-20(17)2)16-11-13-6-4-5-7-15(13)21-16/h4-7,9-10,14,16,18H,3,8,11-12H2,1-2H3. The minimum absolute atomic E-state index is 0.186. The zero-order valence-electron chi connectivity index (χ0n) is 12.7. The highest BCUT2D eigenvalue weighted by Gasteiger charge is 2.30. The van der Waals surface area contributed by atoms with Crippen LogP contribution in [0.25, 0.3) is 0 Å². The molecule has 2 aromatic rings. The van der Waals surface area contributed by atoms with Crippen LogP contribution in [-0.4, -0.2) is 28.2 Å². The van der Waals surface area contributed by atoms with Crippen molar-refractivity contribution in [3.63, 3.8) is 0 Å². The predicted molar refractivity (Wildman–Crippen MR) is 83.6 cm³/mol. The van der Waals surface area contributed by atoms with Gasteiger partial charge < -0.3 is 14.6 Å². The lowest BCUT2D eigenvalue weighted by molar-refractivity contribution is 0.175. The van der Waals surface area contributed by atoms with Gasteiger partial charge in [0.15, 0.2) is 0 Å². The fourth-order valence-electron chi connectivity index (χ4n) is 2.89. The molecule has 0 radical (unpaired) electrons. The number of ether oxygens (including phenoxy) is 1. The van der Waals surface area contributed by atoms with E-state index in [4.69, 9.17) is 4.74 Å². The molecule has 0 saturated carbocycles. The molecule has 0 amide bonds. The highest BCUT2D eigenvalue weighted by Crippen LogP contribution is 2.30. The second-order valence-corrected chi connectivity index (χ2v) is 5.69. The van der Waals surface area contributed by atoms with E-state index in [0.29, 0.717) is 6.04 Å². The molecule has 0 bridgehead atoms. The number of nitrogens with one attached hydrogen (secondary N) is 1. The first-order valence-electron chi connectivity index (χ1n) is 7.72. The van der Waals surface area contributed by atoms with Gasteiger partial charge in [-0.05, 0) is 24.6 Å². The summed E-state index contributed by atoms with van der Waals surface area (Å²) in [5.41, 5.74) is 1.31. The van der Waals surface area contributed by atoms with Gasteiger partial charge >= 0.3 is 0 Å². The molecule has 1 aliphatic heterocycles. The van der Waals surface area contributed by atoms with Gasteiger partial charge in [0.1, 0.15) is 17.7 Å². The van der Waals surface area contributed by atoms with Crippen LogP contribution in [0.1, 0.15) is 24.7 Å². The number of hydrogen-bond donors (Lipinski definition) is 1. The second kappa shape index (κ2) is 6.31. The smallest absolute Gasteiger partial charge is 0.123 e. The van der Waals surface area contributed by atoms with Crippen molar-refractivity contribution in [1.29, 1.82) is 0 Å². The summed E-state index contributed by atoms with van der Waals surface area (Å²) in [5, 5.41) is 3.63. The highest BCUT2D eigenvalue weighted by atomic mass is 16.5. The Balaban J connectivity index is 1.73. The lowest BCUT2D eigenvalue weighted by Crippen LogP contribution is -2.44. The summed E-state index contributed by atoms with van der Waals surface area (Å²) in [6, 6.07) is 8.63. The monoisotopic (exact) mass is 285 g/mol. The van der Waals surface area contributed by atoms with Crippen molar-refractivity contribution in [2.75, 3.05) is 6.54 Å². The third-order valence-corrected chi connectivity index (χ3v) is 4.10.